The highest BCUT2D eigenvalue weighted by Crippen LogP contribution is 2.32. The van der Waals surface area contributed by atoms with Gasteiger partial charge in [-0.2, -0.15) is 0 Å². The van der Waals surface area contributed by atoms with Crippen molar-refractivity contribution in [3.05, 3.63) is 100 Å². The third-order valence-corrected chi connectivity index (χ3v) is 6.60. The summed E-state index contributed by atoms with van der Waals surface area (Å²) in [5.74, 6) is 0.141. The highest BCUT2D eigenvalue weighted by Gasteiger charge is 2.30. The molecule has 0 saturated carbocycles. The van der Waals surface area contributed by atoms with E-state index in [1.54, 1.807) is 35.5 Å². The number of aromatic nitrogens is 4. The Labute approximate surface area is 234 Å². The minimum atomic E-state index is -0.970. The predicted octanol–water partition coefficient (Wildman–Crippen LogP) is 4.13. The van der Waals surface area contributed by atoms with E-state index >= 15 is 0 Å². The van der Waals surface area contributed by atoms with Gasteiger partial charge in [-0.3, -0.25) is 9.59 Å². The Morgan fingerprint density at radius 1 is 1.05 bits per heavy atom. The zero-order valence-corrected chi connectivity index (χ0v) is 22.2. The third kappa shape index (κ3) is 6.54. The van der Waals surface area contributed by atoms with Crippen molar-refractivity contribution in [1.82, 2.24) is 30.0 Å². The van der Waals surface area contributed by atoms with Crippen LogP contribution in [0.15, 0.2) is 73.2 Å². The van der Waals surface area contributed by atoms with Gasteiger partial charge in [0.15, 0.2) is 5.82 Å². The van der Waals surface area contributed by atoms with Crippen molar-refractivity contribution in [3.63, 3.8) is 0 Å². The second-order valence-electron chi connectivity index (χ2n) is 8.76. The first-order chi connectivity index (χ1) is 19.0. The number of ether oxygens (including phenoxy) is 2. The number of hydrogen-bond acceptors (Lipinski definition) is 7. The van der Waals surface area contributed by atoms with Crippen LogP contribution in [-0.4, -0.2) is 55.7 Å². The number of carbonyl (C=O) groups excluding carboxylic acids is 2. The molecule has 0 bridgehead atoms. The van der Waals surface area contributed by atoms with Crippen molar-refractivity contribution in [2.45, 2.75) is 25.7 Å². The van der Waals surface area contributed by atoms with Gasteiger partial charge in [0, 0.05) is 24.3 Å². The summed E-state index contributed by atoms with van der Waals surface area (Å²) in [5, 5.41) is 11.5. The molecular weight excluding hydrogens is 543 g/mol. The number of hydrogen-bond donors (Lipinski definition) is 1. The molecule has 1 atom stereocenters. The van der Waals surface area contributed by atoms with Crippen LogP contribution in [0, 0.1) is 0 Å². The first-order valence-corrected chi connectivity index (χ1v) is 12.9. The molecule has 0 fully saturated rings. The predicted molar refractivity (Wildman–Crippen MR) is 144 cm³/mol. The number of pyridine rings is 1. The van der Waals surface area contributed by atoms with E-state index in [4.69, 9.17) is 32.7 Å². The molecule has 0 saturated heterocycles. The van der Waals surface area contributed by atoms with E-state index in [1.165, 1.54) is 12.3 Å². The minimum Gasteiger partial charge on any atom is -0.437 e. The van der Waals surface area contributed by atoms with Crippen LogP contribution in [0.5, 0.6) is 11.6 Å². The summed E-state index contributed by atoms with van der Waals surface area (Å²) in [6.45, 7) is 1.53. The summed E-state index contributed by atoms with van der Waals surface area (Å²) in [7, 11) is 0. The van der Waals surface area contributed by atoms with Gasteiger partial charge >= 0.3 is 0 Å². The molecule has 4 aromatic rings. The molecule has 0 radical (unpaired) electrons. The maximum absolute atomic E-state index is 13.6. The second-order valence-corrected chi connectivity index (χ2v) is 9.60. The molecule has 12 heteroatoms. The number of halogens is 2. The van der Waals surface area contributed by atoms with Crippen LogP contribution in [-0.2, 0) is 29.2 Å². The van der Waals surface area contributed by atoms with Crippen LogP contribution >= 0.6 is 23.2 Å². The molecule has 2 aromatic heterocycles. The maximum atomic E-state index is 13.6. The van der Waals surface area contributed by atoms with Gasteiger partial charge in [-0.05, 0) is 35.9 Å². The lowest BCUT2D eigenvalue weighted by atomic mass is 10.2. The van der Waals surface area contributed by atoms with Crippen molar-refractivity contribution in [2.75, 3.05) is 13.2 Å². The molecule has 1 N–H and O–H groups in total. The standard InChI is InChI=1S/C27H24Cl2N6O4/c28-19-8-9-23(21(29)13-19)39-26-20(7-4-10-30-26)25(36)32-22(16-38-15-18-5-2-1-3-6-18)27(37)34-11-12-35-17-31-33-24(35)14-34/h1-10,13,17,22H,11-12,14-16H2,(H,32,36)/t22-/m1/s1. The fourth-order valence-corrected chi connectivity index (χ4v) is 4.51. The Morgan fingerprint density at radius 3 is 2.72 bits per heavy atom. The smallest absolute Gasteiger partial charge is 0.257 e. The number of rotatable bonds is 9. The summed E-state index contributed by atoms with van der Waals surface area (Å²) in [4.78, 5) is 32.9. The summed E-state index contributed by atoms with van der Waals surface area (Å²) >= 11 is 12.2. The minimum absolute atomic E-state index is 0.0294. The lowest BCUT2D eigenvalue weighted by Crippen LogP contribution is -2.52. The van der Waals surface area contributed by atoms with E-state index in [9.17, 15) is 9.59 Å². The quantitative estimate of drug-likeness (QED) is 0.324. The molecule has 10 nitrogen and oxygen atoms in total. The summed E-state index contributed by atoms with van der Waals surface area (Å²) in [6.07, 6.45) is 3.13. The Hall–Kier alpha value is -3.99. The summed E-state index contributed by atoms with van der Waals surface area (Å²) in [5.41, 5.74) is 1.08. The van der Waals surface area contributed by atoms with Gasteiger partial charge in [-0.1, -0.05) is 53.5 Å². The van der Waals surface area contributed by atoms with E-state index in [0.717, 1.165) is 5.56 Å². The molecule has 5 rings (SSSR count). The van der Waals surface area contributed by atoms with Crippen LogP contribution in [0.3, 0.4) is 0 Å². The van der Waals surface area contributed by atoms with E-state index in [2.05, 4.69) is 20.5 Å². The van der Waals surface area contributed by atoms with Crippen molar-refractivity contribution in [3.8, 4) is 11.6 Å². The maximum Gasteiger partial charge on any atom is 0.257 e. The van der Waals surface area contributed by atoms with Crippen LogP contribution < -0.4 is 10.1 Å². The zero-order valence-electron chi connectivity index (χ0n) is 20.7. The zero-order chi connectivity index (χ0) is 27.2. The van der Waals surface area contributed by atoms with Gasteiger partial charge in [0.05, 0.1) is 24.8 Å². The van der Waals surface area contributed by atoms with E-state index in [0.29, 0.717) is 23.9 Å². The molecule has 200 valence electrons. The Bertz CT molecular complexity index is 1470. The van der Waals surface area contributed by atoms with Crippen molar-refractivity contribution >= 4 is 35.0 Å². The van der Waals surface area contributed by atoms with E-state index in [1.807, 2.05) is 34.9 Å². The third-order valence-electron chi connectivity index (χ3n) is 6.07. The average molecular weight is 567 g/mol. The Balaban J connectivity index is 1.33. The first-order valence-electron chi connectivity index (χ1n) is 12.1. The van der Waals surface area contributed by atoms with Crippen molar-refractivity contribution in [1.29, 1.82) is 0 Å². The normalized spacial score (nSPS) is 13.4. The Kier molecular flexibility index (Phi) is 8.36. The molecule has 2 aromatic carbocycles. The molecule has 1 aliphatic rings. The lowest BCUT2D eigenvalue weighted by Gasteiger charge is -2.30. The average Bonchev–Trinajstić information content (AvgIpc) is 3.42. The van der Waals surface area contributed by atoms with Gasteiger partial charge < -0.3 is 24.3 Å². The number of carbonyl (C=O) groups is 2. The fourth-order valence-electron chi connectivity index (χ4n) is 4.06. The SMILES string of the molecule is O=C(N[C@H](COCc1ccccc1)C(=O)N1CCn2cnnc2C1)c1cccnc1Oc1ccc(Cl)cc1Cl. The highest BCUT2D eigenvalue weighted by molar-refractivity contribution is 6.35. The van der Waals surface area contributed by atoms with Crippen molar-refractivity contribution in [2.24, 2.45) is 0 Å². The van der Waals surface area contributed by atoms with Gasteiger partial charge in [0.1, 0.15) is 23.7 Å². The lowest BCUT2D eigenvalue weighted by molar-refractivity contribution is -0.136. The largest absolute Gasteiger partial charge is 0.437 e. The van der Waals surface area contributed by atoms with Crippen LogP contribution in [0.25, 0.3) is 0 Å². The summed E-state index contributed by atoms with van der Waals surface area (Å²) in [6, 6.07) is 16.5. The number of fused-ring (bicyclic) bond motifs is 1. The molecule has 0 unspecified atom stereocenters. The van der Waals surface area contributed by atoms with Gasteiger partial charge in [0.2, 0.25) is 11.8 Å². The van der Waals surface area contributed by atoms with Crippen LogP contribution in [0.4, 0.5) is 0 Å². The fraction of sp³-hybridized carbons (Fsp3) is 0.222. The molecular formula is C27H24Cl2N6O4. The topological polar surface area (TPSA) is 111 Å². The van der Waals surface area contributed by atoms with Crippen molar-refractivity contribution < 1.29 is 19.1 Å². The van der Waals surface area contributed by atoms with Gasteiger partial charge in [-0.25, -0.2) is 4.98 Å². The number of nitrogens with one attached hydrogen (secondary N) is 1. The summed E-state index contributed by atoms with van der Waals surface area (Å²) < 4.78 is 13.6. The van der Waals surface area contributed by atoms with Crippen LogP contribution in [0.2, 0.25) is 10.0 Å². The first kappa shape index (κ1) is 26.6. The van der Waals surface area contributed by atoms with Gasteiger partial charge in [-0.15, -0.1) is 10.2 Å². The molecule has 0 spiro atoms. The molecule has 1 aliphatic heterocycles. The number of amides is 2. The number of nitrogens with zero attached hydrogens (tertiary/aromatic N) is 5. The van der Waals surface area contributed by atoms with E-state index < -0.39 is 11.9 Å². The molecule has 0 aliphatic carbocycles. The second kappa shape index (κ2) is 12.2. The van der Waals surface area contributed by atoms with Gasteiger partial charge in [0.25, 0.3) is 5.91 Å². The van der Waals surface area contributed by atoms with Crippen LogP contribution in [0.1, 0.15) is 21.7 Å². The molecule has 3 heterocycles. The molecule has 2 amide bonds. The molecule has 39 heavy (non-hydrogen) atoms. The van der Waals surface area contributed by atoms with E-state index in [-0.39, 0.29) is 47.9 Å². The number of benzene rings is 2. The highest BCUT2D eigenvalue weighted by atomic mass is 35.5. The monoisotopic (exact) mass is 566 g/mol. The Morgan fingerprint density at radius 2 is 1.90 bits per heavy atom.